The maximum absolute atomic E-state index is 12.5. The van der Waals surface area contributed by atoms with E-state index in [-0.39, 0.29) is 24.2 Å². The number of nitrogens with zero attached hydrogens (tertiary/aromatic N) is 1. The molecule has 3 amide bonds. The average molecular weight is 323 g/mol. The van der Waals surface area contributed by atoms with Crippen molar-refractivity contribution in [2.45, 2.75) is 32.7 Å². The number of Topliss-reactive ketones (excluding diaryl/α,β-unsaturated/α-hetero) is 1. The van der Waals surface area contributed by atoms with Crippen LogP contribution in [0.1, 0.15) is 37.6 Å². The second kappa shape index (κ2) is 6.08. The van der Waals surface area contributed by atoms with E-state index in [2.05, 4.69) is 5.32 Å². The summed E-state index contributed by atoms with van der Waals surface area (Å²) in [6.45, 7) is 5.39. The Bertz CT molecular complexity index is 612. The number of urea groups is 1. The Hall–Kier alpha value is -1.88. The molecule has 1 saturated heterocycles. The molecule has 1 fully saturated rings. The molecule has 0 saturated carbocycles. The molecular weight excluding hydrogens is 304 g/mol. The van der Waals surface area contributed by atoms with Crippen LogP contribution in [0.2, 0.25) is 5.02 Å². The molecule has 0 radical (unpaired) electrons. The Balaban J connectivity index is 2.13. The third kappa shape index (κ3) is 3.30. The zero-order valence-electron chi connectivity index (χ0n) is 12.9. The van der Waals surface area contributed by atoms with Gasteiger partial charge in [-0.15, -0.1) is 0 Å². The summed E-state index contributed by atoms with van der Waals surface area (Å²) in [6, 6.07) is 5.84. The van der Waals surface area contributed by atoms with Crippen LogP contribution in [0.4, 0.5) is 4.79 Å². The molecule has 118 valence electrons. The van der Waals surface area contributed by atoms with Crippen LogP contribution in [0.25, 0.3) is 0 Å². The van der Waals surface area contributed by atoms with Gasteiger partial charge in [0.05, 0.1) is 6.54 Å². The smallest absolute Gasteiger partial charge is 0.323 e. The van der Waals surface area contributed by atoms with Gasteiger partial charge in [-0.3, -0.25) is 14.5 Å². The number of imide groups is 1. The number of carbonyl (C=O) groups excluding carboxylic acids is 3. The van der Waals surface area contributed by atoms with Gasteiger partial charge < -0.3 is 5.32 Å². The second-order valence-corrected chi connectivity index (χ2v) is 6.62. The van der Waals surface area contributed by atoms with Crippen LogP contribution in [0.5, 0.6) is 0 Å². The zero-order valence-corrected chi connectivity index (χ0v) is 13.6. The molecule has 1 heterocycles. The van der Waals surface area contributed by atoms with Gasteiger partial charge in [0.25, 0.3) is 5.91 Å². The molecule has 1 aromatic carbocycles. The van der Waals surface area contributed by atoms with Gasteiger partial charge in [0.2, 0.25) is 0 Å². The first kappa shape index (κ1) is 16.5. The number of carbonyl (C=O) groups is 3. The number of ketones is 1. The molecule has 1 aromatic rings. The highest BCUT2D eigenvalue weighted by Gasteiger charge is 2.48. The molecule has 1 aliphatic heterocycles. The van der Waals surface area contributed by atoms with Crippen LogP contribution in [0.3, 0.4) is 0 Å². The number of amides is 3. The summed E-state index contributed by atoms with van der Waals surface area (Å²) < 4.78 is 0. The van der Waals surface area contributed by atoms with Gasteiger partial charge in [-0.2, -0.15) is 0 Å². The lowest BCUT2D eigenvalue weighted by atomic mass is 9.91. The van der Waals surface area contributed by atoms with E-state index < -0.39 is 11.6 Å². The molecule has 2 rings (SSSR count). The Morgan fingerprint density at radius 3 is 2.41 bits per heavy atom. The summed E-state index contributed by atoms with van der Waals surface area (Å²) in [6.07, 6.45) is 0.531. The molecule has 0 bridgehead atoms. The molecule has 1 atom stereocenters. The highest BCUT2D eigenvalue weighted by molar-refractivity contribution is 6.30. The fourth-order valence-electron chi connectivity index (χ4n) is 2.72. The molecular formula is C16H19ClN2O3. The number of rotatable bonds is 5. The van der Waals surface area contributed by atoms with Gasteiger partial charge in [0.15, 0.2) is 5.78 Å². The summed E-state index contributed by atoms with van der Waals surface area (Å²) >= 11 is 5.78. The Morgan fingerprint density at radius 1 is 1.27 bits per heavy atom. The van der Waals surface area contributed by atoms with Gasteiger partial charge in [-0.25, -0.2) is 4.79 Å². The Morgan fingerprint density at radius 2 is 1.86 bits per heavy atom. The monoisotopic (exact) mass is 322 g/mol. The predicted octanol–water partition coefficient (Wildman–Crippen LogP) is 2.88. The van der Waals surface area contributed by atoms with E-state index in [4.69, 9.17) is 11.6 Å². The van der Waals surface area contributed by atoms with E-state index in [1.165, 1.54) is 0 Å². The van der Waals surface area contributed by atoms with Crippen molar-refractivity contribution in [3.8, 4) is 0 Å². The lowest BCUT2D eigenvalue weighted by Gasteiger charge is -2.23. The first-order valence-electron chi connectivity index (χ1n) is 7.16. The van der Waals surface area contributed by atoms with Crippen molar-refractivity contribution in [2.24, 2.45) is 5.92 Å². The molecule has 0 spiro atoms. The topological polar surface area (TPSA) is 66.5 Å². The molecule has 5 nitrogen and oxygen atoms in total. The molecule has 0 unspecified atom stereocenters. The van der Waals surface area contributed by atoms with Crippen molar-refractivity contribution in [1.29, 1.82) is 0 Å². The minimum absolute atomic E-state index is 0.251. The normalized spacial score (nSPS) is 21.4. The largest absolute Gasteiger partial charge is 0.325 e. The van der Waals surface area contributed by atoms with Gasteiger partial charge >= 0.3 is 6.03 Å². The first-order chi connectivity index (χ1) is 10.2. The maximum Gasteiger partial charge on any atom is 0.325 e. The highest BCUT2D eigenvalue weighted by atomic mass is 35.5. The molecule has 0 aromatic heterocycles. The van der Waals surface area contributed by atoms with Crippen molar-refractivity contribution in [1.82, 2.24) is 10.2 Å². The Kier molecular flexibility index (Phi) is 4.56. The van der Waals surface area contributed by atoms with E-state index in [0.717, 1.165) is 4.90 Å². The quantitative estimate of drug-likeness (QED) is 0.669. The molecule has 6 heteroatoms. The van der Waals surface area contributed by atoms with Gasteiger partial charge in [0, 0.05) is 10.6 Å². The van der Waals surface area contributed by atoms with Crippen molar-refractivity contribution in [2.75, 3.05) is 6.54 Å². The molecule has 0 aliphatic carbocycles. The van der Waals surface area contributed by atoms with Gasteiger partial charge in [0.1, 0.15) is 5.54 Å². The molecule has 1 N–H and O–H groups in total. The molecule has 1 aliphatic rings. The third-order valence-electron chi connectivity index (χ3n) is 3.63. The minimum Gasteiger partial charge on any atom is -0.323 e. The lowest BCUT2D eigenvalue weighted by Crippen LogP contribution is -2.45. The van der Waals surface area contributed by atoms with Gasteiger partial charge in [-0.05, 0) is 43.5 Å². The van der Waals surface area contributed by atoms with Crippen LogP contribution in [-0.4, -0.2) is 34.7 Å². The van der Waals surface area contributed by atoms with E-state index in [9.17, 15) is 14.4 Å². The van der Waals surface area contributed by atoms with Crippen molar-refractivity contribution in [3.05, 3.63) is 34.9 Å². The number of halogens is 1. The number of benzene rings is 1. The fourth-order valence-corrected chi connectivity index (χ4v) is 2.84. The maximum atomic E-state index is 12.5. The number of nitrogens with one attached hydrogen (secondary N) is 1. The van der Waals surface area contributed by atoms with E-state index in [0.29, 0.717) is 17.0 Å². The number of hydrogen-bond acceptors (Lipinski definition) is 3. The summed E-state index contributed by atoms with van der Waals surface area (Å²) in [5, 5.41) is 3.22. The number of hydrogen-bond donors (Lipinski definition) is 1. The van der Waals surface area contributed by atoms with Gasteiger partial charge in [-0.1, -0.05) is 25.4 Å². The highest BCUT2D eigenvalue weighted by Crippen LogP contribution is 2.25. The van der Waals surface area contributed by atoms with E-state index in [1.54, 1.807) is 31.2 Å². The van der Waals surface area contributed by atoms with Crippen molar-refractivity contribution in [3.63, 3.8) is 0 Å². The zero-order chi connectivity index (χ0) is 16.5. The standard InChI is InChI=1S/C16H19ClN2O3/c1-10(2)8-16(3)14(21)19(15(22)18-16)9-13(20)11-4-6-12(17)7-5-11/h4-7,10H,8-9H2,1-3H3,(H,18,22)/t16-/m0/s1. The minimum atomic E-state index is -0.939. The second-order valence-electron chi connectivity index (χ2n) is 6.18. The summed E-state index contributed by atoms with van der Waals surface area (Å²) in [4.78, 5) is 37.7. The Labute approximate surface area is 134 Å². The first-order valence-corrected chi connectivity index (χ1v) is 7.53. The fraction of sp³-hybridized carbons (Fsp3) is 0.438. The van der Waals surface area contributed by atoms with Crippen LogP contribution < -0.4 is 5.32 Å². The lowest BCUT2D eigenvalue weighted by molar-refractivity contribution is -0.131. The van der Waals surface area contributed by atoms with Crippen LogP contribution in [0, 0.1) is 5.92 Å². The molecule has 22 heavy (non-hydrogen) atoms. The third-order valence-corrected chi connectivity index (χ3v) is 3.88. The SMILES string of the molecule is CC(C)C[C@]1(C)NC(=O)N(CC(=O)c2ccc(Cl)cc2)C1=O. The predicted molar refractivity (Wildman–Crippen MR) is 83.9 cm³/mol. The summed E-state index contributed by atoms with van der Waals surface area (Å²) in [5.41, 5.74) is -0.520. The van der Waals surface area contributed by atoms with Crippen molar-refractivity contribution >= 4 is 29.3 Å². The summed E-state index contributed by atoms with van der Waals surface area (Å²) in [5.74, 6) is -0.399. The van der Waals surface area contributed by atoms with Crippen molar-refractivity contribution < 1.29 is 14.4 Å². The van der Waals surface area contributed by atoms with E-state index >= 15 is 0 Å². The van der Waals surface area contributed by atoms with E-state index in [1.807, 2.05) is 13.8 Å². The van der Waals surface area contributed by atoms with Crippen LogP contribution >= 0.6 is 11.6 Å². The van der Waals surface area contributed by atoms with Crippen LogP contribution in [0.15, 0.2) is 24.3 Å². The van der Waals surface area contributed by atoms with Crippen LogP contribution in [-0.2, 0) is 4.79 Å². The average Bonchev–Trinajstić information content (AvgIpc) is 2.62. The summed E-state index contributed by atoms with van der Waals surface area (Å²) in [7, 11) is 0.